The summed E-state index contributed by atoms with van der Waals surface area (Å²) in [6.45, 7) is 1.74. The van der Waals surface area contributed by atoms with E-state index < -0.39 is 0 Å². The van der Waals surface area contributed by atoms with E-state index in [2.05, 4.69) is 0 Å². The lowest BCUT2D eigenvalue weighted by atomic mass is 10.1. The Kier molecular flexibility index (Phi) is 3.99. The summed E-state index contributed by atoms with van der Waals surface area (Å²) in [6, 6.07) is 10.6. The first-order valence-electron chi connectivity index (χ1n) is 5.55. The highest BCUT2D eigenvalue weighted by Crippen LogP contribution is 2.34. The molecule has 0 radical (unpaired) electrons. The van der Waals surface area contributed by atoms with E-state index in [-0.39, 0.29) is 17.7 Å². The molecule has 1 nitrogen and oxygen atoms in total. The van der Waals surface area contributed by atoms with Crippen LogP contribution in [0.25, 0.3) is 0 Å². The van der Waals surface area contributed by atoms with Crippen molar-refractivity contribution in [3.8, 4) is 0 Å². The van der Waals surface area contributed by atoms with Gasteiger partial charge in [-0.2, -0.15) is 0 Å². The van der Waals surface area contributed by atoms with Crippen LogP contribution in [0.4, 0.5) is 8.78 Å². The summed E-state index contributed by atoms with van der Waals surface area (Å²) in [7, 11) is 0. The van der Waals surface area contributed by atoms with Crippen LogP contribution in [0, 0.1) is 11.6 Å². The molecule has 0 saturated heterocycles. The summed E-state index contributed by atoms with van der Waals surface area (Å²) in [5, 5.41) is 0. The first-order chi connectivity index (χ1) is 8.58. The van der Waals surface area contributed by atoms with E-state index in [4.69, 9.17) is 5.73 Å². The van der Waals surface area contributed by atoms with Gasteiger partial charge in [0.05, 0.1) is 0 Å². The van der Waals surface area contributed by atoms with Crippen LogP contribution in [0.1, 0.15) is 18.5 Å². The summed E-state index contributed by atoms with van der Waals surface area (Å²) in [5.74, 6) is -0.594. The van der Waals surface area contributed by atoms with Gasteiger partial charge in [-0.25, -0.2) is 8.78 Å². The smallest absolute Gasteiger partial charge is 0.129 e. The van der Waals surface area contributed by atoms with Gasteiger partial charge < -0.3 is 5.73 Å². The molecule has 0 heterocycles. The Hall–Kier alpha value is -1.39. The highest BCUT2D eigenvalue weighted by molar-refractivity contribution is 7.99. The highest BCUT2D eigenvalue weighted by atomic mass is 32.2. The molecule has 2 aromatic rings. The standard InChI is InChI=1S/C14H13F2NS/c1-9(17)14-12(16)3-2-4-13(14)18-11-7-5-10(15)6-8-11/h2-9H,17H2,1H3/t9-/m0/s1. The van der Waals surface area contributed by atoms with E-state index in [1.165, 1.54) is 30.0 Å². The van der Waals surface area contributed by atoms with E-state index in [9.17, 15) is 8.78 Å². The molecule has 0 fully saturated rings. The molecule has 1 atom stereocenters. The molecule has 0 amide bonds. The van der Waals surface area contributed by atoms with E-state index in [1.807, 2.05) is 6.07 Å². The first-order valence-corrected chi connectivity index (χ1v) is 6.37. The van der Waals surface area contributed by atoms with Crippen molar-refractivity contribution in [1.29, 1.82) is 0 Å². The van der Waals surface area contributed by atoms with Crippen LogP contribution in [0.2, 0.25) is 0 Å². The van der Waals surface area contributed by atoms with Gasteiger partial charge in [0.1, 0.15) is 11.6 Å². The van der Waals surface area contributed by atoms with Crippen molar-refractivity contribution in [3.63, 3.8) is 0 Å². The molecule has 0 bridgehead atoms. The number of benzene rings is 2. The molecular formula is C14H13F2NS. The van der Waals surface area contributed by atoms with Gasteiger partial charge in [0.25, 0.3) is 0 Å². The normalized spacial score (nSPS) is 12.4. The van der Waals surface area contributed by atoms with Crippen molar-refractivity contribution in [2.24, 2.45) is 5.73 Å². The van der Waals surface area contributed by atoms with Crippen LogP contribution in [0.5, 0.6) is 0 Å². The quantitative estimate of drug-likeness (QED) is 0.902. The molecule has 18 heavy (non-hydrogen) atoms. The van der Waals surface area contributed by atoms with Crippen LogP contribution in [0.3, 0.4) is 0 Å². The summed E-state index contributed by atoms with van der Waals surface area (Å²) in [5.41, 5.74) is 6.27. The zero-order valence-electron chi connectivity index (χ0n) is 9.86. The maximum absolute atomic E-state index is 13.7. The average molecular weight is 265 g/mol. The van der Waals surface area contributed by atoms with Gasteiger partial charge in [-0.05, 0) is 43.3 Å². The van der Waals surface area contributed by atoms with Crippen molar-refractivity contribution in [2.45, 2.75) is 22.8 Å². The minimum atomic E-state index is -0.380. The van der Waals surface area contributed by atoms with Crippen LogP contribution < -0.4 is 5.73 Å². The summed E-state index contributed by atoms with van der Waals surface area (Å²) >= 11 is 1.38. The maximum atomic E-state index is 13.7. The van der Waals surface area contributed by atoms with Gasteiger partial charge in [0.15, 0.2) is 0 Å². The molecule has 2 rings (SSSR count). The van der Waals surface area contributed by atoms with Gasteiger partial charge >= 0.3 is 0 Å². The van der Waals surface area contributed by atoms with Crippen LogP contribution in [0.15, 0.2) is 52.3 Å². The van der Waals surface area contributed by atoms with Gasteiger partial charge in [0, 0.05) is 21.4 Å². The Morgan fingerprint density at radius 1 is 1.06 bits per heavy atom. The average Bonchev–Trinajstić information content (AvgIpc) is 2.32. The molecule has 94 valence electrons. The first kappa shape index (κ1) is 13.1. The minimum absolute atomic E-state index is 0.286. The number of hydrogen-bond acceptors (Lipinski definition) is 2. The Morgan fingerprint density at radius 2 is 1.72 bits per heavy atom. The van der Waals surface area contributed by atoms with Crippen molar-refractivity contribution in [2.75, 3.05) is 0 Å². The third-order valence-electron chi connectivity index (χ3n) is 2.51. The Bertz CT molecular complexity index is 538. The molecule has 0 aliphatic heterocycles. The molecule has 2 N–H and O–H groups in total. The minimum Gasteiger partial charge on any atom is -0.324 e. The monoisotopic (exact) mass is 265 g/mol. The Morgan fingerprint density at radius 3 is 2.33 bits per heavy atom. The van der Waals surface area contributed by atoms with Gasteiger partial charge in [0.2, 0.25) is 0 Å². The van der Waals surface area contributed by atoms with Crippen LogP contribution >= 0.6 is 11.8 Å². The second kappa shape index (κ2) is 5.50. The molecule has 0 aliphatic carbocycles. The number of rotatable bonds is 3. The summed E-state index contributed by atoms with van der Waals surface area (Å²) < 4.78 is 26.5. The molecule has 0 spiro atoms. The van der Waals surface area contributed by atoms with Crippen molar-refractivity contribution < 1.29 is 8.78 Å². The SMILES string of the molecule is C[C@H](N)c1c(F)cccc1Sc1ccc(F)cc1. The second-order valence-corrected chi connectivity index (χ2v) is 5.11. The van der Waals surface area contributed by atoms with E-state index in [0.29, 0.717) is 5.56 Å². The summed E-state index contributed by atoms with van der Waals surface area (Å²) in [4.78, 5) is 1.61. The number of halogens is 2. The number of hydrogen-bond donors (Lipinski definition) is 1. The zero-order chi connectivity index (χ0) is 13.1. The predicted molar refractivity (Wildman–Crippen MR) is 69.5 cm³/mol. The van der Waals surface area contributed by atoms with E-state index in [0.717, 1.165) is 9.79 Å². The lowest BCUT2D eigenvalue weighted by Crippen LogP contribution is -2.08. The maximum Gasteiger partial charge on any atom is 0.129 e. The Labute approximate surface area is 109 Å². The third kappa shape index (κ3) is 2.89. The van der Waals surface area contributed by atoms with E-state index >= 15 is 0 Å². The van der Waals surface area contributed by atoms with Crippen molar-refractivity contribution >= 4 is 11.8 Å². The molecular weight excluding hydrogens is 252 g/mol. The fourth-order valence-corrected chi connectivity index (χ4v) is 2.74. The molecule has 0 saturated carbocycles. The lowest BCUT2D eigenvalue weighted by Gasteiger charge is -2.13. The third-order valence-corrected chi connectivity index (χ3v) is 3.59. The lowest BCUT2D eigenvalue weighted by molar-refractivity contribution is 0.585. The van der Waals surface area contributed by atoms with Gasteiger partial charge in [-0.3, -0.25) is 0 Å². The predicted octanol–water partition coefficient (Wildman–Crippen LogP) is 4.14. The highest BCUT2D eigenvalue weighted by Gasteiger charge is 2.13. The molecule has 2 aromatic carbocycles. The van der Waals surface area contributed by atoms with Crippen LogP contribution in [-0.2, 0) is 0 Å². The van der Waals surface area contributed by atoms with Crippen LogP contribution in [-0.4, -0.2) is 0 Å². The largest absolute Gasteiger partial charge is 0.324 e. The molecule has 0 unspecified atom stereocenters. The fourth-order valence-electron chi connectivity index (χ4n) is 1.68. The van der Waals surface area contributed by atoms with Crippen molar-refractivity contribution in [1.82, 2.24) is 0 Å². The Balaban J connectivity index is 2.34. The summed E-state index contributed by atoms with van der Waals surface area (Å²) in [6.07, 6.45) is 0. The topological polar surface area (TPSA) is 26.0 Å². The van der Waals surface area contributed by atoms with E-state index in [1.54, 1.807) is 25.1 Å². The number of nitrogens with two attached hydrogens (primary N) is 1. The molecule has 0 aromatic heterocycles. The molecule has 0 aliphatic rings. The van der Waals surface area contributed by atoms with Gasteiger partial charge in [-0.15, -0.1) is 0 Å². The molecule has 4 heteroatoms. The van der Waals surface area contributed by atoms with Crippen molar-refractivity contribution in [3.05, 3.63) is 59.7 Å². The fraction of sp³-hybridized carbons (Fsp3) is 0.143. The zero-order valence-corrected chi connectivity index (χ0v) is 10.7. The second-order valence-electron chi connectivity index (χ2n) is 4.00. The van der Waals surface area contributed by atoms with Gasteiger partial charge in [-0.1, -0.05) is 17.8 Å².